The van der Waals surface area contributed by atoms with E-state index in [1.54, 1.807) is 11.3 Å². The quantitative estimate of drug-likeness (QED) is 0.790. The van der Waals surface area contributed by atoms with Crippen LogP contribution in [0.15, 0.2) is 23.2 Å². The second kappa shape index (κ2) is 3.63. The SMILES string of the molecule is Cc1c(N)ncnc1Nc1ccsc1. The number of aromatic nitrogens is 2. The van der Waals surface area contributed by atoms with Gasteiger partial charge in [0.15, 0.2) is 0 Å². The first-order chi connectivity index (χ1) is 6.77. The number of rotatable bonds is 2. The van der Waals surface area contributed by atoms with Crippen molar-refractivity contribution in [1.29, 1.82) is 0 Å². The van der Waals surface area contributed by atoms with Crippen molar-refractivity contribution in [3.05, 3.63) is 28.7 Å². The lowest BCUT2D eigenvalue weighted by atomic mass is 10.3. The average Bonchev–Trinajstić information content (AvgIpc) is 2.66. The molecule has 0 aromatic carbocycles. The van der Waals surface area contributed by atoms with Crippen molar-refractivity contribution < 1.29 is 0 Å². The van der Waals surface area contributed by atoms with Gasteiger partial charge in [0.1, 0.15) is 18.0 Å². The van der Waals surface area contributed by atoms with Crippen molar-refractivity contribution in [2.24, 2.45) is 0 Å². The fraction of sp³-hybridized carbons (Fsp3) is 0.111. The molecule has 3 N–H and O–H groups in total. The molecule has 0 spiro atoms. The largest absolute Gasteiger partial charge is 0.383 e. The van der Waals surface area contributed by atoms with Crippen LogP contribution in [-0.4, -0.2) is 9.97 Å². The summed E-state index contributed by atoms with van der Waals surface area (Å²) in [6, 6.07) is 1.99. The van der Waals surface area contributed by atoms with Gasteiger partial charge in [0.2, 0.25) is 0 Å². The van der Waals surface area contributed by atoms with Gasteiger partial charge in [-0.05, 0) is 18.4 Å². The summed E-state index contributed by atoms with van der Waals surface area (Å²) in [5, 5.41) is 7.19. The molecule has 0 aliphatic carbocycles. The number of hydrogen-bond acceptors (Lipinski definition) is 5. The first-order valence-electron chi connectivity index (χ1n) is 4.13. The molecule has 0 aliphatic heterocycles. The van der Waals surface area contributed by atoms with Gasteiger partial charge in [-0.15, -0.1) is 0 Å². The number of nitrogens with one attached hydrogen (secondary N) is 1. The molecule has 0 saturated heterocycles. The molecule has 2 heterocycles. The lowest BCUT2D eigenvalue weighted by Crippen LogP contribution is -2.01. The Bertz CT molecular complexity index is 424. The van der Waals surface area contributed by atoms with Crippen molar-refractivity contribution in [3.8, 4) is 0 Å². The fourth-order valence-electron chi connectivity index (χ4n) is 1.06. The van der Waals surface area contributed by atoms with E-state index >= 15 is 0 Å². The van der Waals surface area contributed by atoms with Crippen LogP contribution in [-0.2, 0) is 0 Å². The van der Waals surface area contributed by atoms with Crippen molar-refractivity contribution in [1.82, 2.24) is 9.97 Å². The van der Waals surface area contributed by atoms with Crippen LogP contribution in [0.3, 0.4) is 0 Å². The molecule has 2 aromatic rings. The average molecular weight is 206 g/mol. The van der Waals surface area contributed by atoms with Crippen LogP contribution in [0.2, 0.25) is 0 Å². The van der Waals surface area contributed by atoms with Crippen molar-refractivity contribution in [3.63, 3.8) is 0 Å². The molecule has 14 heavy (non-hydrogen) atoms. The number of nitrogen functional groups attached to an aromatic ring is 1. The van der Waals surface area contributed by atoms with Crippen LogP contribution in [0.5, 0.6) is 0 Å². The van der Waals surface area contributed by atoms with Crippen LogP contribution in [0, 0.1) is 6.92 Å². The number of anilines is 3. The van der Waals surface area contributed by atoms with Crippen LogP contribution < -0.4 is 11.1 Å². The van der Waals surface area contributed by atoms with Gasteiger partial charge in [-0.2, -0.15) is 11.3 Å². The first-order valence-corrected chi connectivity index (χ1v) is 5.08. The lowest BCUT2D eigenvalue weighted by Gasteiger charge is -2.06. The fourth-order valence-corrected chi connectivity index (χ4v) is 1.65. The Morgan fingerprint density at radius 3 is 3.00 bits per heavy atom. The van der Waals surface area contributed by atoms with Crippen LogP contribution in [0.1, 0.15) is 5.56 Å². The Morgan fingerprint density at radius 2 is 2.29 bits per heavy atom. The van der Waals surface area contributed by atoms with Crippen LogP contribution in [0.25, 0.3) is 0 Å². The van der Waals surface area contributed by atoms with Crippen molar-refractivity contribution in [2.45, 2.75) is 6.92 Å². The zero-order valence-electron chi connectivity index (χ0n) is 7.69. The third-order valence-corrected chi connectivity index (χ3v) is 2.59. The lowest BCUT2D eigenvalue weighted by molar-refractivity contribution is 1.14. The third kappa shape index (κ3) is 1.67. The van der Waals surface area contributed by atoms with Crippen molar-refractivity contribution >= 4 is 28.7 Å². The van der Waals surface area contributed by atoms with E-state index in [2.05, 4.69) is 15.3 Å². The molecular weight excluding hydrogens is 196 g/mol. The first kappa shape index (κ1) is 8.96. The van der Waals surface area contributed by atoms with Crippen LogP contribution >= 0.6 is 11.3 Å². The smallest absolute Gasteiger partial charge is 0.138 e. The monoisotopic (exact) mass is 206 g/mol. The second-order valence-electron chi connectivity index (χ2n) is 2.87. The van der Waals surface area contributed by atoms with Gasteiger partial charge < -0.3 is 11.1 Å². The maximum atomic E-state index is 5.66. The Labute approximate surface area is 85.8 Å². The molecule has 0 saturated carbocycles. The molecule has 72 valence electrons. The molecule has 0 radical (unpaired) electrons. The highest BCUT2D eigenvalue weighted by atomic mass is 32.1. The summed E-state index contributed by atoms with van der Waals surface area (Å²) in [7, 11) is 0. The van der Waals surface area contributed by atoms with Gasteiger partial charge in [0.05, 0.1) is 5.69 Å². The third-order valence-electron chi connectivity index (χ3n) is 1.91. The molecule has 0 aliphatic rings. The summed E-state index contributed by atoms with van der Waals surface area (Å²) in [4.78, 5) is 8.01. The highest BCUT2D eigenvalue weighted by Gasteiger charge is 2.03. The highest BCUT2D eigenvalue weighted by Crippen LogP contribution is 2.21. The molecular formula is C9H10N4S. The molecule has 0 atom stereocenters. The van der Waals surface area contributed by atoms with Crippen LogP contribution in [0.4, 0.5) is 17.3 Å². The maximum Gasteiger partial charge on any atom is 0.138 e. The van der Waals surface area contributed by atoms with Gasteiger partial charge in [-0.3, -0.25) is 0 Å². The molecule has 0 bridgehead atoms. The summed E-state index contributed by atoms with van der Waals surface area (Å²) in [6.07, 6.45) is 1.46. The van der Waals surface area contributed by atoms with E-state index < -0.39 is 0 Å². The zero-order chi connectivity index (χ0) is 9.97. The minimum absolute atomic E-state index is 0.512. The molecule has 0 fully saturated rings. The van der Waals surface area contributed by atoms with Crippen molar-refractivity contribution in [2.75, 3.05) is 11.1 Å². The number of nitrogens with two attached hydrogens (primary N) is 1. The van der Waals surface area contributed by atoms with E-state index in [0.717, 1.165) is 17.1 Å². The van der Waals surface area contributed by atoms with E-state index in [9.17, 15) is 0 Å². The summed E-state index contributed by atoms with van der Waals surface area (Å²) in [5.41, 5.74) is 7.56. The molecule has 2 rings (SSSR count). The number of hydrogen-bond donors (Lipinski definition) is 2. The molecule has 0 unspecified atom stereocenters. The Balaban J connectivity index is 2.29. The van der Waals surface area contributed by atoms with E-state index in [1.807, 2.05) is 23.8 Å². The molecule has 2 aromatic heterocycles. The standard InChI is InChI=1S/C9H10N4S/c1-6-8(10)11-5-12-9(6)13-7-2-3-14-4-7/h2-5H,1H3,(H3,10,11,12,13). The Morgan fingerprint density at radius 1 is 1.43 bits per heavy atom. The minimum Gasteiger partial charge on any atom is -0.383 e. The number of nitrogens with zero attached hydrogens (tertiary/aromatic N) is 2. The Hall–Kier alpha value is -1.62. The summed E-state index contributed by atoms with van der Waals surface area (Å²) in [5.74, 6) is 1.27. The highest BCUT2D eigenvalue weighted by molar-refractivity contribution is 7.08. The molecule has 0 amide bonds. The molecule has 4 nitrogen and oxygen atoms in total. The summed E-state index contributed by atoms with van der Waals surface area (Å²) >= 11 is 1.63. The normalized spacial score (nSPS) is 10.1. The summed E-state index contributed by atoms with van der Waals surface area (Å²) in [6.45, 7) is 1.89. The summed E-state index contributed by atoms with van der Waals surface area (Å²) < 4.78 is 0. The van der Waals surface area contributed by atoms with E-state index in [-0.39, 0.29) is 0 Å². The Kier molecular flexibility index (Phi) is 2.32. The molecule has 5 heteroatoms. The zero-order valence-corrected chi connectivity index (χ0v) is 8.51. The number of thiophene rings is 1. The van der Waals surface area contributed by atoms with Gasteiger partial charge >= 0.3 is 0 Å². The minimum atomic E-state index is 0.512. The van der Waals surface area contributed by atoms with E-state index in [4.69, 9.17) is 5.73 Å². The van der Waals surface area contributed by atoms with E-state index in [1.165, 1.54) is 6.33 Å². The second-order valence-corrected chi connectivity index (χ2v) is 3.65. The maximum absolute atomic E-state index is 5.66. The predicted molar refractivity (Wildman–Crippen MR) is 58.8 cm³/mol. The topological polar surface area (TPSA) is 63.8 Å². The van der Waals surface area contributed by atoms with Gasteiger partial charge in [-0.1, -0.05) is 0 Å². The predicted octanol–water partition coefficient (Wildman–Crippen LogP) is 2.17. The van der Waals surface area contributed by atoms with Gasteiger partial charge in [0.25, 0.3) is 0 Å². The van der Waals surface area contributed by atoms with Gasteiger partial charge in [-0.25, -0.2) is 9.97 Å². The van der Waals surface area contributed by atoms with E-state index in [0.29, 0.717) is 5.82 Å². The van der Waals surface area contributed by atoms with Gasteiger partial charge in [0, 0.05) is 10.9 Å².